The molecule has 0 unspecified atom stereocenters. The standard InChI is InChI=1S/C9H15N3OS/c1-7-8(10-2)11-6-12-9(7)14-5-3-4-13/h6,13H,3-5H2,1-2H3,(H,10,11,12). The van der Waals surface area contributed by atoms with E-state index in [0.29, 0.717) is 0 Å². The molecule has 1 aromatic rings. The number of aromatic nitrogens is 2. The van der Waals surface area contributed by atoms with Crippen LogP contribution in [0.1, 0.15) is 12.0 Å². The lowest BCUT2D eigenvalue weighted by Crippen LogP contribution is -1.99. The van der Waals surface area contributed by atoms with Gasteiger partial charge in [0.1, 0.15) is 17.2 Å². The van der Waals surface area contributed by atoms with Crippen LogP contribution in [0.5, 0.6) is 0 Å². The van der Waals surface area contributed by atoms with Gasteiger partial charge < -0.3 is 10.4 Å². The van der Waals surface area contributed by atoms with Crippen molar-refractivity contribution in [3.63, 3.8) is 0 Å². The van der Waals surface area contributed by atoms with Crippen molar-refractivity contribution in [3.05, 3.63) is 11.9 Å². The first kappa shape index (κ1) is 11.3. The number of hydrogen-bond donors (Lipinski definition) is 2. The van der Waals surface area contributed by atoms with E-state index in [1.54, 1.807) is 18.1 Å². The van der Waals surface area contributed by atoms with E-state index in [1.807, 2.05) is 14.0 Å². The van der Waals surface area contributed by atoms with E-state index in [0.717, 1.165) is 28.6 Å². The highest BCUT2D eigenvalue weighted by Gasteiger charge is 2.05. The van der Waals surface area contributed by atoms with E-state index < -0.39 is 0 Å². The average molecular weight is 213 g/mol. The Kier molecular flexibility index (Phi) is 4.69. The summed E-state index contributed by atoms with van der Waals surface area (Å²) in [6, 6.07) is 0. The summed E-state index contributed by atoms with van der Waals surface area (Å²) in [7, 11) is 1.84. The molecule has 78 valence electrons. The van der Waals surface area contributed by atoms with Crippen molar-refractivity contribution >= 4 is 17.6 Å². The SMILES string of the molecule is CNc1ncnc(SCCCO)c1C. The van der Waals surface area contributed by atoms with Crippen molar-refractivity contribution in [1.29, 1.82) is 0 Å². The van der Waals surface area contributed by atoms with Crippen LogP contribution in [0, 0.1) is 6.92 Å². The first-order valence-electron chi connectivity index (χ1n) is 4.52. The minimum atomic E-state index is 0.232. The summed E-state index contributed by atoms with van der Waals surface area (Å²) in [6.07, 6.45) is 2.35. The molecule has 4 nitrogen and oxygen atoms in total. The van der Waals surface area contributed by atoms with Crippen molar-refractivity contribution in [2.45, 2.75) is 18.4 Å². The Morgan fingerprint density at radius 3 is 2.93 bits per heavy atom. The molecule has 0 atom stereocenters. The summed E-state index contributed by atoms with van der Waals surface area (Å²) in [5, 5.41) is 12.7. The second-order valence-corrected chi connectivity index (χ2v) is 3.91. The lowest BCUT2D eigenvalue weighted by Gasteiger charge is -2.07. The molecule has 2 N–H and O–H groups in total. The minimum absolute atomic E-state index is 0.232. The molecule has 0 aliphatic heterocycles. The van der Waals surface area contributed by atoms with Crippen LogP contribution in [0.4, 0.5) is 5.82 Å². The van der Waals surface area contributed by atoms with Crippen LogP contribution >= 0.6 is 11.8 Å². The van der Waals surface area contributed by atoms with Crippen LogP contribution in [-0.4, -0.2) is 34.5 Å². The zero-order valence-electron chi connectivity index (χ0n) is 8.45. The molecule has 5 heteroatoms. The molecule has 0 saturated carbocycles. The van der Waals surface area contributed by atoms with E-state index in [9.17, 15) is 0 Å². The molecule has 0 amide bonds. The molecule has 0 spiro atoms. The second-order valence-electron chi connectivity index (χ2n) is 2.83. The lowest BCUT2D eigenvalue weighted by molar-refractivity contribution is 0.296. The summed E-state index contributed by atoms with van der Waals surface area (Å²) >= 11 is 1.65. The van der Waals surface area contributed by atoms with Crippen LogP contribution < -0.4 is 5.32 Å². The monoisotopic (exact) mass is 213 g/mol. The molecular weight excluding hydrogens is 198 g/mol. The van der Waals surface area contributed by atoms with Crippen molar-refractivity contribution in [2.75, 3.05) is 24.7 Å². The summed E-state index contributed by atoms with van der Waals surface area (Å²) in [4.78, 5) is 8.29. The predicted octanol–water partition coefficient (Wildman–Crippen LogP) is 1.30. The molecule has 0 bridgehead atoms. The fraction of sp³-hybridized carbons (Fsp3) is 0.556. The number of nitrogens with one attached hydrogen (secondary N) is 1. The highest BCUT2D eigenvalue weighted by molar-refractivity contribution is 7.99. The fourth-order valence-corrected chi connectivity index (χ4v) is 1.97. The number of hydrogen-bond acceptors (Lipinski definition) is 5. The highest BCUT2D eigenvalue weighted by Crippen LogP contribution is 2.23. The third-order valence-electron chi connectivity index (χ3n) is 1.82. The lowest BCUT2D eigenvalue weighted by atomic mass is 10.3. The molecule has 0 saturated heterocycles. The van der Waals surface area contributed by atoms with E-state index in [-0.39, 0.29) is 6.61 Å². The van der Waals surface area contributed by atoms with Crippen LogP contribution in [0.3, 0.4) is 0 Å². The Labute approximate surface area is 88.2 Å². The van der Waals surface area contributed by atoms with Gasteiger partial charge in [-0.3, -0.25) is 0 Å². The zero-order chi connectivity index (χ0) is 10.4. The van der Waals surface area contributed by atoms with Gasteiger partial charge in [0, 0.05) is 25.0 Å². The molecule has 14 heavy (non-hydrogen) atoms. The zero-order valence-corrected chi connectivity index (χ0v) is 9.27. The number of anilines is 1. The number of thioether (sulfide) groups is 1. The molecular formula is C9H15N3OS. The molecule has 1 heterocycles. The predicted molar refractivity (Wildman–Crippen MR) is 58.7 cm³/mol. The van der Waals surface area contributed by atoms with Crippen molar-refractivity contribution < 1.29 is 5.11 Å². The van der Waals surface area contributed by atoms with Gasteiger partial charge in [-0.05, 0) is 13.3 Å². The first-order valence-corrected chi connectivity index (χ1v) is 5.51. The van der Waals surface area contributed by atoms with Crippen LogP contribution in [0.15, 0.2) is 11.4 Å². The van der Waals surface area contributed by atoms with Gasteiger partial charge in [-0.1, -0.05) is 0 Å². The molecule has 1 aromatic heterocycles. The van der Waals surface area contributed by atoms with E-state index in [1.165, 1.54) is 0 Å². The quantitative estimate of drug-likeness (QED) is 0.438. The average Bonchev–Trinajstić information content (AvgIpc) is 2.21. The molecule has 0 aliphatic carbocycles. The van der Waals surface area contributed by atoms with Gasteiger partial charge in [-0.15, -0.1) is 11.8 Å². The molecule has 0 radical (unpaired) electrons. The van der Waals surface area contributed by atoms with Gasteiger partial charge in [-0.2, -0.15) is 0 Å². The molecule has 0 fully saturated rings. The maximum atomic E-state index is 8.66. The van der Waals surface area contributed by atoms with Gasteiger partial charge in [-0.25, -0.2) is 9.97 Å². The van der Waals surface area contributed by atoms with E-state index >= 15 is 0 Å². The largest absolute Gasteiger partial charge is 0.396 e. The molecule has 1 rings (SSSR count). The molecule has 0 aliphatic rings. The maximum absolute atomic E-state index is 8.66. The maximum Gasteiger partial charge on any atom is 0.133 e. The normalized spacial score (nSPS) is 10.2. The number of aliphatic hydroxyl groups is 1. The fourth-order valence-electron chi connectivity index (χ4n) is 1.06. The van der Waals surface area contributed by atoms with Crippen molar-refractivity contribution in [1.82, 2.24) is 9.97 Å². The second kappa shape index (κ2) is 5.82. The van der Waals surface area contributed by atoms with Crippen LogP contribution in [0.25, 0.3) is 0 Å². The topological polar surface area (TPSA) is 58.0 Å². The number of rotatable bonds is 5. The van der Waals surface area contributed by atoms with Gasteiger partial charge in [0.15, 0.2) is 0 Å². The number of aliphatic hydroxyl groups excluding tert-OH is 1. The summed E-state index contributed by atoms with van der Waals surface area (Å²) in [5.74, 6) is 1.75. The molecule has 0 aromatic carbocycles. The smallest absolute Gasteiger partial charge is 0.133 e. The van der Waals surface area contributed by atoms with Crippen molar-refractivity contribution in [2.24, 2.45) is 0 Å². The van der Waals surface area contributed by atoms with Crippen LogP contribution in [0.2, 0.25) is 0 Å². The van der Waals surface area contributed by atoms with Gasteiger partial charge in [0.2, 0.25) is 0 Å². The Morgan fingerprint density at radius 2 is 2.29 bits per heavy atom. The van der Waals surface area contributed by atoms with Crippen LogP contribution in [-0.2, 0) is 0 Å². The van der Waals surface area contributed by atoms with Gasteiger partial charge >= 0.3 is 0 Å². The van der Waals surface area contributed by atoms with Crippen molar-refractivity contribution in [3.8, 4) is 0 Å². The van der Waals surface area contributed by atoms with Gasteiger partial charge in [0.05, 0.1) is 0 Å². The summed E-state index contributed by atoms with van der Waals surface area (Å²) in [5.41, 5.74) is 1.07. The highest BCUT2D eigenvalue weighted by atomic mass is 32.2. The Balaban J connectivity index is 2.66. The van der Waals surface area contributed by atoms with E-state index in [4.69, 9.17) is 5.11 Å². The summed E-state index contributed by atoms with van der Waals surface area (Å²) < 4.78 is 0. The minimum Gasteiger partial charge on any atom is -0.396 e. The Morgan fingerprint density at radius 1 is 1.50 bits per heavy atom. The Hall–Kier alpha value is -0.810. The third kappa shape index (κ3) is 2.85. The van der Waals surface area contributed by atoms with Gasteiger partial charge in [0.25, 0.3) is 0 Å². The third-order valence-corrected chi connectivity index (χ3v) is 2.99. The van der Waals surface area contributed by atoms with E-state index in [2.05, 4.69) is 15.3 Å². The summed E-state index contributed by atoms with van der Waals surface area (Å²) in [6.45, 7) is 2.23. The number of nitrogens with zero attached hydrogens (tertiary/aromatic N) is 2. The first-order chi connectivity index (χ1) is 6.79. The Bertz CT molecular complexity index is 293.